The summed E-state index contributed by atoms with van der Waals surface area (Å²) in [7, 11) is 3.95. The average Bonchev–Trinajstić information content (AvgIpc) is 2.76. The molecule has 140 valence electrons. The van der Waals surface area contributed by atoms with E-state index in [1.807, 2.05) is 32.0 Å². The van der Waals surface area contributed by atoms with Crippen LogP contribution in [-0.2, 0) is 19.5 Å². The van der Waals surface area contributed by atoms with Crippen molar-refractivity contribution in [3.05, 3.63) is 45.9 Å². The number of carbonyl (C=O) groups is 1. The van der Waals surface area contributed by atoms with Crippen LogP contribution in [-0.4, -0.2) is 56.8 Å². The minimum Gasteiger partial charge on any atom is -0.349 e. The molecule has 1 N–H and O–H groups in total. The van der Waals surface area contributed by atoms with Crippen LogP contribution in [0.2, 0.25) is 0 Å². The standard InChI is InChI=1S/C18H26N6O2/c1-13-10-14(12-19-11-13)17(25)20-15-4-5-16-21-24(9-8-22(2)3)18(26)23(16)7-6-15/h10-12,15H,4-9H2,1-3H3,(H,20,25). The molecule has 0 aliphatic carbocycles. The predicted octanol–water partition coefficient (Wildman–Crippen LogP) is 0.445. The Morgan fingerprint density at radius 3 is 2.88 bits per heavy atom. The summed E-state index contributed by atoms with van der Waals surface area (Å²) in [6, 6.07) is 1.85. The highest BCUT2D eigenvalue weighted by Gasteiger charge is 2.22. The number of nitrogens with zero attached hydrogens (tertiary/aromatic N) is 5. The molecule has 0 saturated heterocycles. The molecule has 0 spiro atoms. The van der Waals surface area contributed by atoms with Crippen LogP contribution in [0.15, 0.2) is 23.3 Å². The quantitative estimate of drug-likeness (QED) is 0.839. The maximum atomic E-state index is 12.5. The Morgan fingerprint density at radius 1 is 1.35 bits per heavy atom. The van der Waals surface area contributed by atoms with E-state index in [0.29, 0.717) is 25.1 Å². The van der Waals surface area contributed by atoms with Gasteiger partial charge in [0.2, 0.25) is 0 Å². The monoisotopic (exact) mass is 358 g/mol. The molecule has 0 aromatic carbocycles. The van der Waals surface area contributed by atoms with E-state index in [1.165, 1.54) is 0 Å². The molecule has 1 atom stereocenters. The summed E-state index contributed by atoms with van der Waals surface area (Å²) in [5, 5.41) is 7.55. The Labute approximate surface area is 152 Å². The van der Waals surface area contributed by atoms with Crippen molar-refractivity contribution in [1.29, 1.82) is 0 Å². The molecular weight excluding hydrogens is 332 g/mol. The number of hydrogen-bond acceptors (Lipinski definition) is 5. The Bertz CT molecular complexity index is 838. The molecule has 26 heavy (non-hydrogen) atoms. The maximum absolute atomic E-state index is 12.5. The first-order valence-corrected chi connectivity index (χ1v) is 8.98. The first kappa shape index (κ1) is 18.3. The van der Waals surface area contributed by atoms with Gasteiger partial charge in [0.15, 0.2) is 0 Å². The first-order chi connectivity index (χ1) is 12.4. The molecular formula is C18H26N6O2. The van der Waals surface area contributed by atoms with E-state index in [1.54, 1.807) is 21.6 Å². The highest BCUT2D eigenvalue weighted by molar-refractivity contribution is 5.94. The van der Waals surface area contributed by atoms with Gasteiger partial charge in [-0.1, -0.05) is 0 Å². The van der Waals surface area contributed by atoms with Crippen LogP contribution < -0.4 is 11.0 Å². The van der Waals surface area contributed by atoms with Crippen LogP contribution in [0.25, 0.3) is 0 Å². The Morgan fingerprint density at radius 2 is 2.15 bits per heavy atom. The van der Waals surface area contributed by atoms with Crippen LogP contribution in [0.3, 0.4) is 0 Å². The molecule has 3 rings (SSSR count). The number of amides is 1. The number of hydrogen-bond donors (Lipinski definition) is 1. The molecule has 0 bridgehead atoms. The molecule has 1 unspecified atom stereocenters. The third-order valence-electron chi connectivity index (χ3n) is 4.65. The van der Waals surface area contributed by atoms with Gasteiger partial charge in [-0.3, -0.25) is 14.3 Å². The van der Waals surface area contributed by atoms with Crippen molar-refractivity contribution in [2.75, 3.05) is 20.6 Å². The van der Waals surface area contributed by atoms with E-state index in [-0.39, 0.29) is 17.6 Å². The van der Waals surface area contributed by atoms with Crippen LogP contribution in [0.4, 0.5) is 0 Å². The van der Waals surface area contributed by atoms with E-state index in [9.17, 15) is 9.59 Å². The molecule has 1 aliphatic rings. The zero-order valence-corrected chi connectivity index (χ0v) is 15.6. The topological polar surface area (TPSA) is 85.1 Å². The van der Waals surface area contributed by atoms with Crippen LogP contribution in [0.1, 0.15) is 34.6 Å². The molecule has 3 heterocycles. The molecule has 0 saturated carbocycles. The molecule has 0 fully saturated rings. The second-order valence-corrected chi connectivity index (χ2v) is 7.13. The summed E-state index contributed by atoms with van der Waals surface area (Å²) in [4.78, 5) is 31.0. The van der Waals surface area contributed by atoms with Gasteiger partial charge in [-0.15, -0.1) is 0 Å². The van der Waals surface area contributed by atoms with Gasteiger partial charge in [-0.05, 0) is 45.5 Å². The third kappa shape index (κ3) is 4.19. The highest BCUT2D eigenvalue weighted by atomic mass is 16.2. The normalized spacial score (nSPS) is 17.0. The van der Waals surface area contributed by atoms with Crippen molar-refractivity contribution in [3.63, 3.8) is 0 Å². The lowest BCUT2D eigenvalue weighted by atomic mass is 10.1. The molecule has 8 nitrogen and oxygen atoms in total. The van der Waals surface area contributed by atoms with Crippen molar-refractivity contribution in [2.24, 2.45) is 0 Å². The molecule has 0 radical (unpaired) electrons. The minimum absolute atomic E-state index is 0.0272. The second-order valence-electron chi connectivity index (χ2n) is 7.13. The fraction of sp³-hybridized carbons (Fsp3) is 0.556. The van der Waals surface area contributed by atoms with Gasteiger partial charge < -0.3 is 10.2 Å². The van der Waals surface area contributed by atoms with Crippen LogP contribution in [0.5, 0.6) is 0 Å². The first-order valence-electron chi connectivity index (χ1n) is 8.98. The number of nitrogens with one attached hydrogen (secondary N) is 1. The predicted molar refractivity (Wildman–Crippen MR) is 98.2 cm³/mol. The van der Waals surface area contributed by atoms with Crippen molar-refractivity contribution >= 4 is 5.91 Å². The van der Waals surface area contributed by atoms with Crippen LogP contribution in [0, 0.1) is 6.92 Å². The van der Waals surface area contributed by atoms with Crippen molar-refractivity contribution < 1.29 is 4.79 Å². The van der Waals surface area contributed by atoms with Gasteiger partial charge in [0.25, 0.3) is 5.91 Å². The van der Waals surface area contributed by atoms with E-state index in [4.69, 9.17) is 0 Å². The lowest BCUT2D eigenvalue weighted by molar-refractivity contribution is 0.0932. The average molecular weight is 358 g/mol. The number of aromatic nitrogens is 4. The van der Waals surface area contributed by atoms with Crippen molar-refractivity contribution in [2.45, 2.75) is 45.3 Å². The summed E-state index contributed by atoms with van der Waals surface area (Å²) in [5.41, 5.74) is 1.46. The molecule has 1 amide bonds. The summed E-state index contributed by atoms with van der Waals surface area (Å²) in [6.07, 6.45) is 5.48. The SMILES string of the molecule is Cc1cncc(C(=O)NC2CCc3nn(CCN(C)C)c(=O)n3CC2)c1. The van der Waals surface area contributed by atoms with E-state index in [0.717, 1.165) is 30.8 Å². The van der Waals surface area contributed by atoms with Gasteiger partial charge >= 0.3 is 5.69 Å². The van der Waals surface area contributed by atoms with E-state index in [2.05, 4.69) is 15.4 Å². The summed E-state index contributed by atoms with van der Waals surface area (Å²) in [5.74, 6) is 0.692. The smallest absolute Gasteiger partial charge is 0.345 e. The van der Waals surface area contributed by atoms with E-state index < -0.39 is 0 Å². The van der Waals surface area contributed by atoms with Gasteiger partial charge in [-0.25, -0.2) is 9.48 Å². The third-order valence-corrected chi connectivity index (χ3v) is 4.65. The fourth-order valence-corrected chi connectivity index (χ4v) is 3.16. The summed E-state index contributed by atoms with van der Waals surface area (Å²) >= 11 is 0. The fourth-order valence-electron chi connectivity index (χ4n) is 3.16. The van der Waals surface area contributed by atoms with Crippen LogP contribution >= 0.6 is 0 Å². The van der Waals surface area contributed by atoms with Gasteiger partial charge in [-0.2, -0.15) is 5.10 Å². The Hall–Kier alpha value is -2.48. The number of aryl methyl sites for hydroxylation is 2. The number of carbonyl (C=O) groups excluding carboxylic acids is 1. The Kier molecular flexibility index (Phi) is 5.51. The minimum atomic E-state index is -0.117. The lowest BCUT2D eigenvalue weighted by Gasteiger charge is -2.16. The van der Waals surface area contributed by atoms with Crippen molar-refractivity contribution in [1.82, 2.24) is 29.5 Å². The number of likely N-dealkylation sites (N-methyl/N-ethyl adjacent to an activating group) is 1. The maximum Gasteiger partial charge on any atom is 0.345 e. The zero-order chi connectivity index (χ0) is 18.7. The lowest BCUT2D eigenvalue weighted by Crippen LogP contribution is -2.36. The molecule has 8 heteroatoms. The summed E-state index contributed by atoms with van der Waals surface area (Å²) < 4.78 is 3.29. The highest BCUT2D eigenvalue weighted by Crippen LogP contribution is 2.13. The van der Waals surface area contributed by atoms with Crippen molar-refractivity contribution in [3.8, 4) is 0 Å². The zero-order valence-electron chi connectivity index (χ0n) is 15.6. The second kappa shape index (κ2) is 7.82. The largest absolute Gasteiger partial charge is 0.349 e. The number of pyridine rings is 1. The molecule has 1 aliphatic heterocycles. The molecule has 2 aromatic rings. The number of fused-ring (bicyclic) bond motifs is 1. The number of rotatable bonds is 5. The van der Waals surface area contributed by atoms with Gasteiger partial charge in [0.1, 0.15) is 5.82 Å². The van der Waals surface area contributed by atoms with Gasteiger partial charge in [0, 0.05) is 37.9 Å². The van der Waals surface area contributed by atoms with Gasteiger partial charge in [0.05, 0.1) is 12.1 Å². The Balaban J connectivity index is 1.63. The van der Waals surface area contributed by atoms with E-state index >= 15 is 0 Å². The molecule has 2 aromatic heterocycles. The summed E-state index contributed by atoms with van der Waals surface area (Å²) in [6.45, 7) is 3.86.